The monoisotopic (exact) mass is 685 g/mol. The van der Waals surface area contributed by atoms with Crippen LogP contribution in [0.1, 0.15) is 196 Å². The molecule has 0 aliphatic heterocycles. The largest absolute Gasteiger partial charge is 0.481 e. The number of unbranched alkanes of at least 4 members (excludes halogenated alkanes) is 9. The van der Waals surface area contributed by atoms with Gasteiger partial charge in [0.2, 0.25) is 0 Å². The van der Waals surface area contributed by atoms with Gasteiger partial charge in [0.25, 0.3) is 0 Å². The Hall–Kier alpha value is -1.13. The Kier molecular flexibility index (Phi) is 18.5. The van der Waals surface area contributed by atoms with Crippen LogP contribution in [0, 0.1) is 46.3 Å². The second kappa shape index (κ2) is 21.4. The van der Waals surface area contributed by atoms with Crippen molar-refractivity contribution in [3.05, 3.63) is 23.8 Å². The second-order valence-electron chi connectivity index (χ2n) is 18.2. The minimum atomic E-state index is -0.677. The highest BCUT2D eigenvalue weighted by atomic mass is 16.4. The lowest BCUT2D eigenvalue weighted by atomic mass is 9.47. The van der Waals surface area contributed by atoms with Crippen LogP contribution in [-0.2, 0) is 4.79 Å². The lowest BCUT2D eigenvalue weighted by Gasteiger charge is -2.58. The highest BCUT2D eigenvalue weighted by Gasteiger charge is 2.59. The van der Waals surface area contributed by atoms with Crippen LogP contribution in [0.25, 0.3) is 0 Å². The number of carboxylic acids is 1. The third kappa shape index (κ3) is 13.1. The molecule has 9 atom stereocenters. The van der Waals surface area contributed by atoms with E-state index in [-0.39, 0.29) is 12.2 Å². The minimum Gasteiger partial charge on any atom is -0.481 e. The highest BCUT2D eigenvalue weighted by molar-refractivity contribution is 5.66. The molecule has 284 valence electrons. The highest BCUT2D eigenvalue weighted by Crippen LogP contribution is 2.67. The molecule has 4 rings (SSSR count). The van der Waals surface area contributed by atoms with Crippen LogP contribution in [0.4, 0.5) is 0 Å². The number of aliphatic carboxylic acids is 1. The molecule has 4 heteroatoms. The fraction of sp³-hybridized carbons (Fsp3) is 0.889. The van der Waals surface area contributed by atoms with Crippen LogP contribution in [0.5, 0.6) is 0 Å². The number of carbonyl (C=O) groups is 1. The molecule has 49 heavy (non-hydrogen) atoms. The molecule has 3 fully saturated rings. The van der Waals surface area contributed by atoms with E-state index in [4.69, 9.17) is 10.2 Å². The van der Waals surface area contributed by atoms with Crippen molar-refractivity contribution in [2.45, 2.75) is 208 Å². The van der Waals surface area contributed by atoms with E-state index in [1.165, 1.54) is 96.3 Å². The first-order chi connectivity index (χ1) is 23.4. The summed E-state index contributed by atoms with van der Waals surface area (Å²) in [6.07, 6.45) is 35.5. The SMILES string of the molecule is CC(C)CCCC(C)[C@H]1CC[C@H]2[C@@H]3CC=C4C[C@@H](O)CC[C@]4(C)[C@H]3CC[C@]12C.CC(O)CCCCCC/C=C\CCCCCCCC(=O)O. The van der Waals surface area contributed by atoms with Crippen LogP contribution >= 0.6 is 0 Å². The summed E-state index contributed by atoms with van der Waals surface area (Å²) in [7, 11) is 0. The van der Waals surface area contributed by atoms with Gasteiger partial charge in [-0.25, -0.2) is 0 Å². The average Bonchev–Trinajstić information content (AvgIpc) is 3.40. The first-order valence-corrected chi connectivity index (χ1v) is 21.3. The molecule has 4 aliphatic rings. The first-order valence-electron chi connectivity index (χ1n) is 21.3. The lowest BCUT2D eigenvalue weighted by molar-refractivity contribution is -0.137. The van der Waals surface area contributed by atoms with Gasteiger partial charge in [-0.3, -0.25) is 4.79 Å². The molecule has 0 bridgehead atoms. The molecule has 0 spiro atoms. The van der Waals surface area contributed by atoms with Crippen LogP contribution in [-0.4, -0.2) is 33.5 Å². The smallest absolute Gasteiger partial charge is 0.303 e. The summed E-state index contributed by atoms with van der Waals surface area (Å²) in [4.78, 5) is 10.3. The molecule has 2 unspecified atom stereocenters. The zero-order valence-corrected chi connectivity index (χ0v) is 33.1. The van der Waals surface area contributed by atoms with Gasteiger partial charge in [0, 0.05) is 6.42 Å². The number of rotatable bonds is 20. The van der Waals surface area contributed by atoms with Crippen molar-refractivity contribution in [3.63, 3.8) is 0 Å². The predicted molar refractivity (Wildman–Crippen MR) is 208 cm³/mol. The zero-order chi connectivity index (χ0) is 35.9. The molecule has 0 aromatic rings. The molecule has 0 aromatic heterocycles. The van der Waals surface area contributed by atoms with E-state index in [0.29, 0.717) is 17.3 Å². The van der Waals surface area contributed by atoms with Gasteiger partial charge >= 0.3 is 5.97 Å². The minimum absolute atomic E-state index is 0.0766. The van der Waals surface area contributed by atoms with Crippen molar-refractivity contribution in [1.29, 1.82) is 0 Å². The van der Waals surface area contributed by atoms with E-state index in [1.54, 1.807) is 5.57 Å². The molecule has 3 saturated carbocycles. The van der Waals surface area contributed by atoms with Crippen molar-refractivity contribution in [3.8, 4) is 0 Å². The number of aliphatic hydroxyl groups excluding tert-OH is 2. The number of carboxylic acid groups (broad SMARTS) is 1. The van der Waals surface area contributed by atoms with Crippen LogP contribution in [0.2, 0.25) is 0 Å². The van der Waals surface area contributed by atoms with Crippen molar-refractivity contribution < 1.29 is 20.1 Å². The van der Waals surface area contributed by atoms with Gasteiger partial charge in [-0.2, -0.15) is 0 Å². The lowest BCUT2D eigenvalue weighted by Crippen LogP contribution is -2.50. The van der Waals surface area contributed by atoms with Crippen LogP contribution in [0.3, 0.4) is 0 Å². The van der Waals surface area contributed by atoms with E-state index in [9.17, 15) is 9.90 Å². The van der Waals surface area contributed by atoms with Crippen molar-refractivity contribution in [2.24, 2.45) is 46.3 Å². The average molecular weight is 685 g/mol. The first kappa shape index (κ1) is 42.3. The Balaban J connectivity index is 0.000000279. The molecule has 0 amide bonds. The Labute approximate surface area is 303 Å². The molecule has 0 aromatic carbocycles. The summed E-state index contributed by atoms with van der Waals surface area (Å²) in [5.74, 6) is 4.78. The van der Waals surface area contributed by atoms with E-state index in [0.717, 1.165) is 86.9 Å². The molecule has 0 saturated heterocycles. The Morgan fingerprint density at radius 2 is 1.45 bits per heavy atom. The summed E-state index contributed by atoms with van der Waals surface area (Å²) in [6.45, 7) is 14.4. The number of aliphatic hydroxyl groups is 2. The van der Waals surface area contributed by atoms with Crippen LogP contribution < -0.4 is 0 Å². The van der Waals surface area contributed by atoms with Gasteiger partial charge in [-0.15, -0.1) is 0 Å². The second-order valence-corrected chi connectivity index (χ2v) is 18.2. The van der Waals surface area contributed by atoms with Gasteiger partial charge in [0.05, 0.1) is 12.2 Å². The van der Waals surface area contributed by atoms with Crippen molar-refractivity contribution >= 4 is 5.97 Å². The maximum absolute atomic E-state index is 10.3. The van der Waals surface area contributed by atoms with E-state index in [1.807, 2.05) is 6.92 Å². The number of hydrogen-bond donors (Lipinski definition) is 3. The molecular weight excluding hydrogens is 604 g/mol. The Morgan fingerprint density at radius 1 is 0.796 bits per heavy atom. The van der Waals surface area contributed by atoms with E-state index in [2.05, 4.69) is 52.8 Å². The Bertz CT molecular complexity index is 998. The third-order valence-electron chi connectivity index (χ3n) is 13.9. The number of hydrogen-bond acceptors (Lipinski definition) is 3. The van der Waals surface area contributed by atoms with Crippen LogP contribution in [0.15, 0.2) is 23.8 Å². The Morgan fingerprint density at radius 3 is 2.10 bits per heavy atom. The maximum Gasteiger partial charge on any atom is 0.303 e. The zero-order valence-electron chi connectivity index (χ0n) is 33.1. The summed E-state index contributed by atoms with van der Waals surface area (Å²) >= 11 is 0. The van der Waals surface area contributed by atoms with Gasteiger partial charge in [0.1, 0.15) is 0 Å². The van der Waals surface area contributed by atoms with Gasteiger partial charge in [-0.1, -0.05) is 116 Å². The number of allylic oxidation sites excluding steroid dienone is 3. The fourth-order valence-corrected chi connectivity index (χ4v) is 11.0. The molecule has 4 aliphatic carbocycles. The number of fused-ring (bicyclic) bond motifs is 5. The molecule has 0 radical (unpaired) electrons. The van der Waals surface area contributed by atoms with Gasteiger partial charge in [-0.05, 0) is 143 Å². The quantitative estimate of drug-likeness (QED) is 0.0881. The summed E-state index contributed by atoms with van der Waals surface area (Å²) in [5.41, 5.74) is 2.60. The van der Waals surface area contributed by atoms with Crippen molar-refractivity contribution in [2.75, 3.05) is 0 Å². The van der Waals surface area contributed by atoms with Crippen molar-refractivity contribution in [1.82, 2.24) is 0 Å². The molecular formula is C45H80O4. The van der Waals surface area contributed by atoms with Gasteiger partial charge in [0.15, 0.2) is 0 Å². The summed E-state index contributed by atoms with van der Waals surface area (Å²) in [6, 6.07) is 0. The predicted octanol–water partition coefficient (Wildman–Crippen LogP) is 12.5. The fourth-order valence-electron chi connectivity index (χ4n) is 11.0. The third-order valence-corrected chi connectivity index (χ3v) is 13.9. The maximum atomic E-state index is 10.3. The molecule has 3 N–H and O–H groups in total. The van der Waals surface area contributed by atoms with E-state index < -0.39 is 5.97 Å². The van der Waals surface area contributed by atoms with E-state index >= 15 is 0 Å². The normalized spacial score (nSPS) is 32.1. The molecule has 0 heterocycles. The summed E-state index contributed by atoms with van der Waals surface area (Å²) in [5, 5.41) is 27.8. The van der Waals surface area contributed by atoms with Gasteiger partial charge < -0.3 is 15.3 Å². The topological polar surface area (TPSA) is 77.8 Å². The standard InChI is InChI=1S/C27H46O.C18H34O3/c1-18(2)7-6-8-19(3)23-11-12-24-22-10-9-20-17-21(28)13-15-26(20,4)25(22)14-16-27(23,24)5;1-17(19)15-13-11-9-7-5-3-2-4-6-8-10-12-14-16-18(20)21/h9,18-19,21-25,28H,6-8,10-17H2,1-5H3;2-3,17,19H,4-16H2,1H3,(H,20,21)/b;3-2-/t19?,21-,22-,23+,24-,25-,26-,27+;/m0./s1. The molecule has 4 nitrogen and oxygen atoms in total. The summed E-state index contributed by atoms with van der Waals surface area (Å²) < 4.78 is 0.